The molecule has 0 amide bonds. The van der Waals surface area contributed by atoms with Gasteiger partial charge < -0.3 is 18.3 Å². The van der Waals surface area contributed by atoms with Crippen LogP contribution >= 0.6 is 0 Å². The SMILES string of the molecule is c1ccc(-c2cc(-c3ccc(-n4c5ccccc5c5cc6c(cc54)c4ccccc4n6-c4ccccc4)cc3)cc(-c3cccc4ccccc34)n2)cc1.c1ccc(-c2cc(-c3ccc4ccccc4c3)nc(-c3ccc(-n4c5ccccc5c5cc6c(cc54)c4ccccc4n6-c4ccccc4)cc3)n2)cc1. The monoisotopic (exact) mass is 1380 g/mol. The first kappa shape index (κ1) is 62.1. The van der Waals surface area contributed by atoms with Gasteiger partial charge in [0.05, 0.1) is 66.9 Å². The van der Waals surface area contributed by atoms with Gasteiger partial charge in [0.2, 0.25) is 0 Å². The zero-order valence-corrected chi connectivity index (χ0v) is 58.7. The van der Waals surface area contributed by atoms with Gasteiger partial charge in [-0.2, -0.15) is 0 Å². The summed E-state index contributed by atoms with van der Waals surface area (Å²) >= 11 is 0. The number of rotatable bonds is 10. The van der Waals surface area contributed by atoms with E-state index in [0.29, 0.717) is 5.82 Å². The number of nitrogens with zero attached hydrogens (tertiary/aromatic N) is 7. The molecule has 0 spiro atoms. The fourth-order valence-corrected chi connectivity index (χ4v) is 16.6. The third kappa shape index (κ3) is 10.5. The molecule has 0 atom stereocenters. The van der Waals surface area contributed by atoms with Crippen molar-refractivity contribution in [1.29, 1.82) is 0 Å². The van der Waals surface area contributed by atoms with Crippen LogP contribution in [-0.4, -0.2) is 33.2 Å². The number of benzene rings is 16. The predicted molar refractivity (Wildman–Crippen MR) is 451 cm³/mol. The van der Waals surface area contributed by atoms with Crippen molar-refractivity contribution in [3.05, 3.63) is 394 Å². The molecule has 0 fully saturated rings. The number of fused-ring (bicyclic) bond motifs is 14. The summed E-state index contributed by atoms with van der Waals surface area (Å²) in [6, 6.07) is 141. The smallest absolute Gasteiger partial charge is 0.160 e. The van der Waals surface area contributed by atoms with E-state index in [-0.39, 0.29) is 0 Å². The van der Waals surface area contributed by atoms with Gasteiger partial charge in [0.1, 0.15) is 0 Å². The first-order valence-corrected chi connectivity index (χ1v) is 36.8. The number of pyridine rings is 1. The van der Waals surface area contributed by atoms with Crippen LogP contribution in [0.4, 0.5) is 0 Å². The lowest BCUT2D eigenvalue weighted by atomic mass is 9.97. The van der Waals surface area contributed by atoms with Crippen LogP contribution in [0.25, 0.3) is 199 Å². The van der Waals surface area contributed by atoms with Crippen LogP contribution in [0.15, 0.2) is 394 Å². The molecule has 0 saturated carbocycles. The zero-order chi connectivity index (χ0) is 71.2. The Kier molecular flexibility index (Phi) is 14.8. The Balaban J connectivity index is 0.000000138. The Morgan fingerprint density at radius 1 is 0.157 bits per heavy atom. The molecule has 0 aliphatic heterocycles. The minimum atomic E-state index is 0.698. The summed E-state index contributed by atoms with van der Waals surface area (Å²) < 4.78 is 9.60. The summed E-state index contributed by atoms with van der Waals surface area (Å²) in [7, 11) is 0. The molecular formula is C101H65N7. The Morgan fingerprint density at radius 2 is 0.500 bits per heavy atom. The van der Waals surface area contributed by atoms with Crippen molar-refractivity contribution < 1.29 is 0 Å². The quantitative estimate of drug-likeness (QED) is 0.137. The summed E-state index contributed by atoms with van der Waals surface area (Å²) in [6.45, 7) is 0. The van der Waals surface area contributed by atoms with E-state index in [1.807, 2.05) is 6.07 Å². The van der Waals surface area contributed by atoms with Gasteiger partial charge in [-0.3, -0.25) is 0 Å². The third-order valence-corrected chi connectivity index (χ3v) is 21.6. The van der Waals surface area contributed by atoms with E-state index in [0.717, 1.165) is 84.5 Å². The van der Waals surface area contributed by atoms with Gasteiger partial charge in [0.15, 0.2) is 5.82 Å². The highest BCUT2D eigenvalue weighted by molar-refractivity contribution is 6.21. The molecule has 22 rings (SSSR count). The highest BCUT2D eigenvalue weighted by Crippen LogP contribution is 2.44. The lowest BCUT2D eigenvalue weighted by Crippen LogP contribution is -1.97. The third-order valence-electron chi connectivity index (χ3n) is 21.6. The van der Waals surface area contributed by atoms with E-state index in [9.17, 15) is 0 Å². The molecule has 22 aromatic rings. The molecule has 0 radical (unpaired) electrons. The summed E-state index contributed by atoms with van der Waals surface area (Å²) in [5.41, 5.74) is 25.4. The molecule has 0 N–H and O–H groups in total. The first-order chi connectivity index (χ1) is 53.5. The summed E-state index contributed by atoms with van der Waals surface area (Å²) in [5.74, 6) is 0.698. The Hall–Kier alpha value is -14.5. The topological polar surface area (TPSA) is 58.4 Å². The van der Waals surface area contributed by atoms with Crippen LogP contribution in [0.1, 0.15) is 0 Å². The van der Waals surface area contributed by atoms with Gasteiger partial charge in [-0.05, 0) is 166 Å². The van der Waals surface area contributed by atoms with Gasteiger partial charge in [-0.25, -0.2) is 15.0 Å². The van der Waals surface area contributed by atoms with Crippen molar-refractivity contribution in [1.82, 2.24) is 33.2 Å². The van der Waals surface area contributed by atoms with E-state index in [1.165, 1.54) is 109 Å². The molecule has 108 heavy (non-hydrogen) atoms. The summed E-state index contributed by atoms with van der Waals surface area (Å²) in [6.07, 6.45) is 0. The van der Waals surface area contributed by atoms with Crippen molar-refractivity contribution in [2.24, 2.45) is 0 Å². The number of para-hydroxylation sites is 6. The molecule has 16 aromatic carbocycles. The molecule has 7 nitrogen and oxygen atoms in total. The fraction of sp³-hybridized carbons (Fsp3) is 0. The van der Waals surface area contributed by atoms with E-state index in [1.54, 1.807) is 0 Å². The molecule has 6 aromatic heterocycles. The van der Waals surface area contributed by atoms with Gasteiger partial charge in [-0.1, -0.05) is 261 Å². The first-order valence-electron chi connectivity index (χ1n) is 36.8. The second-order valence-electron chi connectivity index (χ2n) is 27.9. The van der Waals surface area contributed by atoms with Crippen LogP contribution in [0.2, 0.25) is 0 Å². The van der Waals surface area contributed by atoms with Gasteiger partial charge in [0.25, 0.3) is 0 Å². The second-order valence-corrected chi connectivity index (χ2v) is 27.9. The average Bonchev–Trinajstić information content (AvgIpc) is 1.56. The molecular weight excluding hydrogens is 1310 g/mol. The van der Waals surface area contributed by atoms with Gasteiger partial charge in [-0.15, -0.1) is 0 Å². The highest BCUT2D eigenvalue weighted by Gasteiger charge is 2.23. The van der Waals surface area contributed by atoms with Crippen molar-refractivity contribution in [3.63, 3.8) is 0 Å². The Morgan fingerprint density at radius 3 is 0.972 bits per heavy atom. The zero-order valence-electron chi connectivity index (χ0n) is 58.7. The molecule has 6 heterocycles. The lowest BCUT2D eigenvalue weighted by Gasteiger charge is -2.13. The van der Waals surface area contributed by atoms with Gasteiger partial charge >= 0.3 is 0 Å². The molecule has 504 valence electrons. The largest absolute Gasteiger partial charge is 0.309 e. The van der Waals surface area contributed by atoms with Crippen LogP contribution in [0, 0.1) is 0 Å². The molecule has 0 bridgehead atoms. The fourth-order valence-electron chi connectivity index (χ4n) is 16.6. The molecule has 7 heteroatoms. The van der Waals surface area contributed by atoms with E-state index >= 15 is 0 Å². The minimum Gasteiger partial charge on any atom is -0.309 e. The maximum Gasteiger partial charge on any atom is 0.160 e. The number of hydrogen-bond acceptors (Lipinski definition) is 3. The molecule has 0 aliphatic carbocycles. The normalized spacial score (nSPS) is 11.7. The van der Waals surface area contributed by atoms with Crippen molar-refractivity contribution in [2.45, 2.75) is 0 Å². The average molecular weight is 1380 g/mol. The predicted octanol–water partition coefficient (Wildman–Crippen LogP) is 26.3. The van der Waals surface area contributed by atoms with E-state index < -0.39 is 0 Å². The molecule has 0 saturated heterocycles. The number of aromatic nitrogens is 7. The minimum absolute atomic E-state index is 0.698. The van der Waals surface area contributed by atoms with Crippen molar-refractivity contribution >= 4 is 109 Å². The second kappa shape index (κ2) is 25.7. The van der Waals surface area contributed by atoms with Crippen LogP contribution < -0.4 is 0 Å². The van der Waals surface area contributed by atoms with Crippen molar-refractivity contribution in [3.8, 4) is 90.3 Å². The van der Waals surface area contributed by atoms with E-state index in [4.69, 9.17) is 15.0 Å². The van der Waals surface area contributed by atoms with Crippen LogP contribution in [0.5, 0.6) is 0 Å². The van der Waals surface area contributed by atoms with Crippen LogP contribution in [0.3, 0.4) is 0 Å². The maximum atomic E-state index is 5.24. The van der Waals surface area contributed by atoms with E-state index in [2.05, 4.69) is 407 Å². The lowest BCUT2D eigenvalue weighted by molar-refractivity contribution is 1.16. The molecule has 0 unspecified atom stereocenters. The number of hydrogen-bond donors (Lipinski definition) is 0. The molecule has 0 aliphatic rings. The maximum absolute atomic E-state index is 5.24. The Bertz CT molecular complexity index is 7240. The van der Waals surface area contributed by atoms with Crippen LogP contribution in [-0.2, 0) is 0 Å². The van der Waals surface area contributed by atoms with Crippen molar-refractivity contribution in [2.75, 3.05) is 0 Å². The standard InChI is InChI=1S/C51H33N3.C50H32N4/c1-3-15-36(16-4-1)46-30-37(31-47(52-46)41-23-13-17-35-14-7-8-20-40(35)41)34-26-28-39(29-27-34)54-49-25-12-10-22-43(49)45-32-50-44(33-51(45)54)42-21-9-11-24-48(42)53(50)38-18-5-2-6-19-38;1-3-14-34(15-4-1)44-32-45(37-24-23-33-13-7-8-16-36(33)29-37)52-50(51-44)35-25-27-39(28-26-35)54-47-22-12-10-20-41(47)43-30-48-42(31-49(43)54)40-19-9-11-21-46(40)53(48)38-17-5-2-6-18-38/h1-33H;1-32H. The Labute approximate surface area is 622 Å². The summed E-state index contributed by atoms with van der Waals surface area (Å²) in [5, 5.41) is 14.7. The van der Waals surface area contributed by atoms with Gasteiger partial charge in [0, 0.05) is 93.7 Å². The highest BCUT2D eigenvalue weighted by atomic mass is 15.0. The summed E-state index contributed by atoms with van der Waals surface area (Å²) in [4.78, 5) is 15.5.